The van der Waals surface area contributed by atoms with E-state index >= 15 is 0 Å². The van der Waals surface area contributed by atoms with E-state index in [4.69, 9.17) is 9.47 Å². The van der Waals surface area contributed by atoms with Crippen LogP contribution in [-0.2, 0) is 6.42 Å². The molecule has 0 spiro atoms. The molecule has 0 fully saturated rings. The fraction of sp³-hybridized carbons (Fsp3) is 0.107. The second kappa shape index (κ2) is 10.4. The van der Waals surface area contributed by atoms with E-state index < -0.39 is 5.91 Å². The number of rotatable bonds is 8. The lowest BCUT2D eigenvalue weighted by atomic mass is 10.0. The molecule has 1 amide bonds. The summed E-state index contributed by atoms with van der Waals surface area (Å²) in [6, 6.07) is 29.6. The van der Waals surface area contributed by atoms with Gasteiger partial charge in [0.2, 0.25) is 0 Å². The van der Waals surface area contributed by atoms with E-state index in [2.05, 4.69) is 5.32 Å². The molecule has 4 rings (SSSR count). The highest BCUT2D eigenvalue weighted by Crippen LogP contribution is 2.32. The number of phenolic OH excluding ortho intramolecular Hbond substituents is 1. The zero-order valence-electron chi connectivity index (χ0n) is 18.3. The number of anilines is 1. The monoisotopic (exact) mass is 439 g/mol. The quantitative estimate of drug-likeness (QED) is 0.356. The number of hydrogen-bond acceptors (Lipinski definition) is 4. The molecular weight excluding hydrogens is 414 g/mol. The van der Waals surface area contributed by atoms with Gasteiger partial charge in [-0.3, -0.25) is 4.79 Å². The van der Waals surface area contributed by atoms with E-state index in [0.717, 1.165) is 16.9 Å². The zero-order chi connectivity index (χ0) is 23.0. The zero-order valence-corrected chi connectivity index (χ0v) is 18.3. The lowest BCUT2D eigenvalue weighted by Gasteiger charge is -2.12. The van der Waals surface area contributed by atoms with Gasteiger partial charge in [0.1, 0.15) is 17.2 Å². The Hall–Kier alpha value is -4.25. The van der Waals surface area contributed by atoms with Crippen LogP contribution < -0.4 is 14.8 Å². The minimum Gasteiger partial charge on any atom is -0.506 e. The van der Waals surface area contributed by atoms with Gasteiger partial charge in [-0.2, -0.15) is 0 Å². The van der Waals surface area contributed by atoms with Crippen molar-refractivity contribution in [1.29, 1.82) is 0 Å². The smallest absolute Gasteiger partial charge is 0.259 e. The van der Waals surface area contributed by atoms with Gasteiger partial charge in [-0.15, -0.1) is 0 Å². The number of aromatic hydroxyl groups is 1. The summed E-state index contributed by atoms with van der Waals surface area (Å²) >= 11 is 0. The Morgan fingerprint density at radius 3 is 2.45 bits per heavy atom. The molecule has 2 N–H and O–H groups in total. The number of carbonyl (C=O) groups is 1. The average molecular weight is 440 g/mol. The molecule has 0 unspecified atom stereocenters. The molecule has 4 aromatic carbocycles. The summed E-state index contributed by atoms with van der Waals surface area (Å²) < 4.78 is 11.3. The molecule has 0 radical (unpaired) electrons. The van der Waals surface area contributed by atoms with Crippen LogP contribution in [0.2, 0.25) is 0 Å². The van der Waals surface area contributed by atoms with Gasteiger partial charge in [-0.05, 0) is 35.4 Å². The third-order valence-electron chi connectivity index (χ3n) is 5.29. The number of benzene rings is 4. The summed E-state index contributed by atoms with van der Waals surface area (Å²) in [4.78, 5) is 12.9. The normalized spacial score (nSPS) is 10.5. The van der Waals surface area contributed by atoms with Gasteiger partial charge in [0.15, 0.2) is 0 Å². The Morgan fingerprint density at radius 1 is 0.879 bits per heavy atom. The average Bonchev–Trinajstić information content (AvgIpc) is 2.85. The third kappa shape index (κ3) is 5.33. The summed E-state index contributed by atoms with van der Waals surface area (Å²) in [7, 11) is 1.65. The molecule has 0 aliphatic rings. The number of phenols is 1. The van der Waals surface area contributed by atoms with Crippen LogP contribution in [-0.4, -0.2) is 24.7 Å². The third-order valence-corrected chi connectivity index (χ3v) is 5.29. The second-order valence-electron chi connectivity index (χ2n) is 7.46. The summed E-state index contributed by atoms with van der Waals surface area (Å²) in [5, 5.41) is 13.6. The van der Waals surface area contributed by atoms with Crippen molar-refractivity contribution in [2.75, 3.05) is 19.0 Å². The van der Waals surface area contributed by atoms with Crippen molar-refractivity contribution in [2.45, 2.75) is 6.42 Å². The van der Waals surface area contributed by atoms with E-state index in [1.165, 1.54) is 0 Å². The number of amides is 1. The van der Waals surface area contributed by atoms with Gasteiger partial charge in [0.25, 0.3) is 5.91 Å². The van der Waals surface area contributed by atoms with Crippen LogP contribution in [0.15, 0.2) is 97.1 Å². The van der Waals surface area contributed by atoms with Gasteiger partial charge in [0, 0.05) is 23.7 Å². The van der Waals surface area contributed by atoms with E-state index in [1.807, 2.05) is 66.7 Å². The predicted molar refractivity (Wildman–Crippen MR) is 130 cm³/mol. The first-order chi connectivity index (χ1) is 16.2. The Labute approximate surface area is 193 Å². The first kappa shape index (κ1) is 22.0. The topological polar surface area (TPSA) is 67.8 Å². The van der Waals surface area contributed by atoms with Crippen LogP contribution in [0.25, 0.3) is 11.1 Å². The van der Waals surface area contributed by atoms with E-state index in [0.29, 0.717) is 30.0 Å². The fourth-order valence-electron chi connectivity index (χ4n) is 3.63. The predicted octanol–water partition coefficient (Wildman–Crippen LogP) is 5.94. The SMILES string of the molecule is COc1ccccc1CCOc1cccc(NC(=O)c2cccc(-c3ccccc3)c2O)c1. The highest BCUT2D eigenvalue weighted by atomic mass is 16.5. The first-order valence-corrected chi connectivity index (χ1v) is 10.7. The molecule has 0 heterocycles. The minimum absolute atomic E-state index is 0.0505. The molecule has 0 atom stereocenters. The highest BCUT2D eigenvalue weighted by molar-refractivity contribution is 6.07. The molecule has 166 valence electrons. The molecule has 4 aromatic rings. The summed E-state index contributed by atoms with van der Waals surface area (Å²) in [6.45, 7) is 0.470. The molecule has 5 heteroatoms. The molecule has 0 aliphatic heterocycles. The van der Waals surface area contributed by atoms with Crippen molar-refractivity contribution in [3.8, 4) is 28.4 Å². The van der Waals surface area contributed by atoms with Crippen LogP contribution >= 0.6 is 0 Å². The van der Waals surface area contributed by atoms with Crippen LogP contribution in [0, 0.1) is 0 Å². The number of nitrogens with one attached hydrogen (secondary N) is 1. The highest BCUT2D eigenvalue weighted by Gasteiger charge is 2.15. The van der Waals surface area contributed by atoms with Crippen LogP contribution in [0.4, 0.5) is 5.69 Å². The maximum Gasteiger partial charge on any atom is 0.259 e. The van der Waals surface area contributed by atoms with Crippen molar-refractivity contribution in [3.63, 3.8) is 0 Å². The minimum atomic E-state index is -0.392. The Morgan fingerprint density at radius 2 is 1.64 bits per heavy atom. The maximum absolute atomic E-state index is 12.9. The van der Waals surface area contributed by atoms with Gasteiger partial charge in [-0.1, -0.05) is 66.7 Å². The first-order valence-electron chi connectivity index (χ1n) is 10.7. The lowest BCUT2D eigenvalue weighted by molar-refractivity contribution is 0.102. The number of ether oxygens (including phenoxy) is 2. The molecular formula is C28H25NO4. The second-order valence-corrected chi connectivity index (χ2v) is 7.46. The number of hydrogen-bond donors (Lipinski definition) is 2. The van der Waals surface area contributed by atoms with Crippen molar-refractivity contribution in [2.24, 2.45) is 0 Å². The van der Waals surface area contributed by atoms with Crippen molar-refractivity contribution in [1.82, 2.24) is 0 Å². The molecule has 0 bridgehead atoms. The molecule has 0 saturated carbocycles. The van der Waals surface area contributed by atoms with Crippen molar-refractivity contribution < 1.29 is 19.4 Å². The molecule has 0 aromatic heterocycles. The van der Waals surface area contributed by atoms with Crippen molar-refractivity contribution in [3.05, 3.63) is 108 Å². The van der Waals surface area contributed by atoms with E-state index in [9.17, 15) is 9.90 Å². The van der Waals surface area contributed by atoms with Crippen molar-refractivity contribution >= 4 is 11.6 Å². The van der Waals surface area contributed by atoms with Gasteiger partial charge < -0.3 is 19.9 Å². The Bertz CT molecular complexity index is 1240. The fourth-order valence-corrected chi connectivity index (χ4v) is 3.63. The Kier molecular flexibility index (Phi) is 6.90. The number of carbonyl (C=O) groups excluding carboxylic acids is 1. The van der Waals surface area contributed by atoms with Crippen LogP contribution in [0.3, 0.4) is 0 Å². The molecule has 0 saturated heterocycles. The van der Waals surface area contributed by atoms with Gasteiger partial charge >= 0.3 is 0 Å². The van der Waals surface area contributed by atoms with E-state index in [1.54, 1.807) is 37.4 Å². The van der Waals surface area contributed by atoms with Gasteiger partial charge in [0.05, 0.1) is 19.3 Å². The van der Waals surface area contributed by atoms with Gasteiger partial charge in [-0.25, -0.2) is 0 Å². The summed E-state index contributed by atoms with van der Waals surface area (Å²) in [5.74, 6) is 1.03. The van der Waals surface area contributed by atoms with Crippen LogP contribution in [0.5, 0.6) is 17.2 Å². The number of methoxy groups -OCH3 is 1. The molecule has 5 nitrogen and oxygen atoms in total. The van der Waals surface area contributed by atoms with Crippen LogP contribution in [0.1, 0.15) is 15.9 Å². The summed E-state index contributed by atoms with van der Waals surface area (Å²) in [6.07, 6.45) is 0.695. The lowest BCUT2D eigenvalue weighted by Crippen LogP contribution is -2.12. The Balaban J connectivity index is 1.43. The standard InChI is InChI=1S/C28H25NO4/c1-32-26-16-6-5-11-21(26)17-18-33-23-13-7-12-22(19-23)29-28(31)25-15-8-14-24(27(25)30)20-9-3-2-4-10-20/h2-16,19,30H,17-18H2,1H3,(H,29,31). The largest absolute Gasteiger partial charge is 0.506 e. The molecule has 33 heavy (non-hydrogen) atoms. The molecule has 0 aliphatic carbocycles. The number of para-hydroxylation sites is 2. The maximum atomic E-state index is 12.9. The summed E-state index contributed by atoms with van der Waals surface area (Å²) in [5.41, 5.74) is 3.31. The van der Waals surface area contributed by atoms with E-state index in [-0.39, 0.29) is 11.3 Å².